The first-order valence-electron chi connectivity index (χ1n) is 10.5. The normalized spacial score (nSPS) is 15.5. The molecule has 4 rings (SSSR count). The van der Waals surface area contributed by atoms with Crippen LogP contribution in [-0.2, 0) is 16.6 Å². The summed E-state index contributed by atoms with van der Waals surface area (Å²) in [5.41, 5.74) is 2.92. The first kappa shape index (κ1) is 21.4. The highest BCUT2D eigenvalue weighted by atomic mass is 32.2. The van der Waals surface area contributed by atoms with Gasteiger partial charge in [-0.1, -0.05) is 36.8 Å². The second-order valence-corrected chi connectivity index (χ2v) is 9.42. The van der Waals surface area contributed by atoms with E-state index in [9.17, 15) is 8.42 Å². The first-order chi connectivity index (χ1) is 15.0. The van der Waals surface area contributed by atoms with Crippen molar-refractivity contribution in [2.24, 2.45) is 5.92 Å². The largest absolute Gasteiger partial charge is 0.440 e. The van der Waals surface area contributed by atoms with E-state index in [4.69, 9.17) is 8.83 Å². The molecule has 0 spiro atoms. The van der Waals surface area contributed by atoms with Crippen LogP contribution in [0.1, 0.15) is 38.2 Å². The lowest BCUT2D eigenvalue weighted by molar-refractivity contribution is 0.446. The molecule has 0 amide bonds. The topological polar surface area (TPSA) is 97.4 Å². The maximum Gasteiger partial charge on any atom is 0.295 e. The van der Waals surface area contributed by atoms with Crippen LogP contribution in [0.15, 0.2) is 74.6 Å². The van der Waals surface area contributed by atoms with Gasteiger partial charge in [-0.2, -0.15) is 8.42 Å². The molecule has 2 aromatic heterocycles. The summed E-state index contributed by atoms with van der Waals surface area (Å²) >= 11 is 0. The minimum atomic E-state index is -3.88. The number of nitrogens with zero attached hydrogens (tertiary/aromatic N) is 1. The third-order valence-corrected chi connectivity index (χ3v) is 6.75. The zero-order chi connectivity index (χ0) is 21.7. The third kappa shape index (κ3) is 5.26. The maximum absolute atomic E-state index is 12.8. The summed E-state index contributed by atoms with van der Waals surface area (Å²) in [6.45, 7) is 3.66. The summed E-state index contributed by atoms with van der Waals surface area (Å²) < 4.78 is 39.0. The Balaban J connectivity index is 1.41. The third-order valence-electron chi connectivity index (χ3n) is 5.51. The molecule has 2 N–H and O–H groups in total. The molecule has 164 valence electrons. The Bertz CT molecular complexity index is 1130. The van der Waals surface area contributed by atoms with E-state index in [1.165, 1.54) is 49.9 Å². The first-order valence-corrected chi connectivity index (χ1v) is 12.0. The fourth-order valence-electron chi connectivity index (χ4n) is 3.77. The second kappa shape index (κ2) is 9.53. The quantitative estimate of drug-likeness (QED) is 0.456. The average molecular weight is 442 g/mol. The van der Waals surface area contributed by atoms with E-state index in [1.807, 2.05) is 12.1 Å². The summed E-state index contributed by atoms with van der Waals surface area (Å²) in [7, 11) is -3.88. The number of furan rings is 1. The highest BCUT2D eigenvalue weighted by Gasteiger charge is 2.21. The molecule has 3 aromatic rings. The van der Waals surface area contributed by atoms with E-state index >= 15 is 0 Å². The molecule has 1 atom stereocenters. The van der Waals surface area contributed by atoms with Crippen molar-refractivity contribution < 1.29 is 17.3 Å². The van der Waals surface area contributed by atoms with E-state index in [1.54, 1.807) is 18.2 Å². The SMILES string of the molecule is CC(CNCc1ccccc1NS(=O)(=O)c1ccc(-c2cnco2)o1)C1=CCCCC1. The molecule has 7 nitrogen and oxygen atoms in total. The predicted molar refractivity (Wildman–Crippen MR) is 119 cm³/mol. The lowest BCUT2D eigenvalue weighted by Crippen LogP contribution is -2.23. The summed E-state index contributed by atoms with van der Waals surface area (Å²) in [4.78, 5) is 3.82. The number of hydrogen-bond donors (Lipinski definition) is 2. The van der Waals surface area contributed by atoms with Gasteiger partial charge < -0.3 is 14.2 Å². The molecule has 8 heteroatoms. The highest BCUT2D eigenvalue weighted by molar-refractivity contribution is 7.92. The number of hydrogen-bond acceptors (Lipinski definition) is 6. The van der Waals surface area contributed by atoms with Crippen molar-refractivity contribution in [2.75, 3.05) is 11.3 Å². The summed E-state index contributed by atoms with van der Waals surface area (Å²) in [5, 5.41) is 3.29. The molecule has 1 aliphatic rings. The number of oxazole rings is 1. The van der Waals surface area contributed by atoms with Gasteiger partial charge in [0.05, 0.1) is 11.9 Å². The van der Waals surface area contributed by atoms with Crippen molar-refractivity contribution >= 4 is 15.7 Å². The maximum atomic E-state index is 12.8. The molecule has 0 fully saturated rings. The van der Waals surface area contributed by atoms with Crippen LogP contribution in [0.25, 0.3) is 11.5 Å². The molecule has 31 heavy (non-hydrogen) atoms. The monoisotopic (exact) mass is 441 g/mol. The Hall–Kier alpha value is -2.84. The van der Waals surface area contributed by atoms with Crippen LogP contribution >= 0.6 is 0 Å². The molecule has 1 unspecified atom stereocenters. The standard InChI is InChI=1S/C23H27N3O4S/c1-17(18-7-3-2-4-8-18)13-24-14-19-9-5-6-10-20(19)26-31(27,28)23-12-11-21(30-23)22-15-25-16-29-22/h5-7,9-12,15-17,24,26H,2-4,8,13-14H2,1H3. The van der Waals surface area contributed by atoms with Gasteiger partial charge in [0.1, 0.15) is 0 Å². The second-order valence-electron chi connectivity index (χ2n) is 7.80. The van der Waals surface area contributed by atoms with Crippen molar-refractivity contribution in [1.82, 2.24) is 10.3 Å². The molecule has 2 heterocycles. The number of allylic oxidation sites excluding steroid dienone is 1. The van der Waals surface area contributed by atoms with E-state index in [0.717, 1.165) is 12.1 Å². The van der Waals surface area contributed by atoms with Crippen LogP contribution in [0, 0.1) is 5.92 Å². The lowest BCUT2D eigenvalue weighted by Gasteiger charge is -2.20. The van der Waals surface area contributed by atoms with Gasteiger partial charge in [0.15, 0.2) is 17.9 Å². The van der Waals surface area contributed by atoms with Crippen molar-refractivity contribution in [2.45, 2.75) is 44.2 Å². The molecular weight excluding hydrogens is 414 g/mol. The Kier molecular flexibility index (Phi) is 6.58. The number of nitrogens with one attached hydrogen (secondary N) is 2. The average Bonchev–Trinajstić information content (AvgIpc) is 3.47. The molecule has 0 saturated heterocycles. The molecule has 0 radical (unpaired) electrons. The van der Waals surface area contributed by atoms with Crippen LogP contribution in [0.2, 0.25) is 0 Å². The number of para-hydroxylation sites is 1. The number of anilines is 1. The van der Waals surface area contributed by atoms with Crippen LogP contribution in [0.4, 0.5) is 5.69 Å². The van der Waals surface area contributed by atoms with Crippen molar-refractivity contribution in [1.29, 1.82) is 0 Å². The Morgan fingerprint density at radius 3 is 2.77 bits per heavy atom. The van der Waals surface area contributed by atoms with E-state index in [2.05, 4.69) is 28.0 Å². The predicted octanol–water partition coefficient (Wildman–Crippen LogP) is 4.96. The Morgan fingerprint density at radius 2 is 2.00 bits per heavy atom. The van der Waals surface area contributed by atoms with Gasteiger partial charge >= 0.3 is 0 Å². The minimum Gasteiger partial charge on any atom is -0.440 e. The van der Waals surface area contributed by atoms with Crippen LogP contribution in [0.5, 0.6) is 0 Å². The van der Waals surface area contributed by atoms with Crippen molar-refractivity contribution in [3.05, 3.63) is 66.2 Å². The zero-order valence-electron chi connectivity index (χ0n) is 17.5. The van der Waals surface area contributed by atoms with Gasteiger partial charge in [-0.05, 0) is 55.4 Å². The van der Waals surface area contributed by atoms with Crippen LogP contribution in [-0.4, -0.2) is 19.9 Å². The van der Waals surface area contributed by atoms with E-state index in [0.29, 0.717) is 29.7 Å². The fourth-order valence-corrected chi connectivity index (χ4v) is 4.80. The number of sulfonamides is 1. The van der Waals surface area contributed by atoms with Gasteiger partial charge in [-0.3, -0.25) is 4.72 Å². The molecular formula is C23H27N3O4S. The summed E-state index contributed by atoms with van der Waals surface area (Å²) in [6.07, 6.45) is 10.0. The van der Waals surface area contributed by atoms with Gasteiger partial charge in [0, 0.05) is 13.1 Å². The van der Waals surface area contributed by atoms with E-state index < -0.39 is 10.0 Å². The molecule has 0 aliphatic heterocycles. The van der Waals surface area contributed by atoms with Crippen LogP contribution in [0.3, 0.4) is 0 Å². The minimum absolute atomic E-state index is 0.181. The van der Waals surface area contributed by atoms with Crippen molar-refractivity contribution in [3.8, 4) is 11.5 Å². The van der Waals surface area contributed by atoms with Crippen molar-refractivity contribution in [3.63, 3.8) is 0 Å². The molecule has 0 bridgehead atoms. The van der Waals surface area contributed by atoms with Gasteiger partial charge in [0.2, 0.25) is 5.09 Å². The number of rotatable bonds is 9. The summed E-state index contributed by atoms with van der Waals surface area (Å²) in [5.74, 6) is 1.15. The molecule has 1 aliphatic carbocycles. The zero-order valence-corrected chi connectivity index (χ0v) is 18.3. The molecule has 1 aromatic carbocycles. The van der Waals surface area contributed by atoms with Gasteiger partial charge in [-0.25, -0.2) is 4.98 Å². The molecule has 0 saturated carbocycles. The number of aromatic nitrogens is 1. The Morgan fingerprint density at radius 1 is 1.13 bits per heavy atom. The smallest absolute Gasteiger partial charge is 0.295 e. The number of benzene rings is 1. The highest BCUT2D eigenvalue weighted by Crippen LogP contribution is 2.27. The summed E-state index contributed by atoms with van der Waals surface area (Å²) in [6, 6.07) is 10.3. The van der Waals surface area contributed by atoms with Gasteiger partial charge in [0.25, 0.3) is 10.0 Å². The Labute approximate surface area is 182 Å². The fraction of sp³-hybridized carbons (Fsp3) is 0.348. The van der Waals surface area contributed by atoms with Gasteiger partial charge in [-0.15, -0.1) is 0 Å². The van der Waals surface area contributed by atoms with Crippen LogP contribution < -0.4 is 10.0 Å². The van der Waals surface area contributed by atoms with E-state index in [-0.39, 0.29) is 5.09 Å². The lowest BCUT2D eigenvalue weighted by atomic mass is 9.90.